The van der Waals surface area contributed by atoms with E-state index in [0.717, 1.165) is 18.5 Å². The van der Waals surface area contributed by atoms with E-state index < -0.39 is 6.10 Å². The molecule has 4 heteroatoms. The zero-order valence-corrected chi connectivity index (χ0v) is 9.24. The minimum Gasteiger partial charge on any atom is -0.380 e. The van der Waals surface area contributed by atoms with Gasteiger partial charge in [-0.05, 0) is 24.1 Å². The van der Waals surface area contributed by atoms with Crippen molar-refractivity contribution in [3.05, 3.63) is 48.3 Å². The van der Waals surface area contributed by atoms with Crippen LogP contribution in [-0.2, 0) is 6.54 Å². The molecule has 4 nitrogen and oxygen atoms in total. The van der Waals surface area contributed by atoms with E-state index in [-0.39, 0.29) is 0 Å². The summed E-state index contributed by atoms with van der Waals surface area (Å²) in [6.45, 7) is 2.97. The molecule has 2 aromatic rings. The predicted octanol–water partition coefficient (Wildman–Crippen LogP) is 1.77. The lowest BCUT2D eigenvalue weighted by molar-refractivity contribution is 0.204. The molecule has 1 atom stereocenters. The van der Waals surface area contributed by atoms with Gasteiger partial charge in [0, 0.05) is 31.3 Å². The largest absolute Gasteiger partial charge is 0.380 e. The predicted molar refractivity (Wildman–Crippen MR) is 60.8 cm³/mol. The van der Waals surface area contributed by atoms with Crippen molar-refractivity contribution in [2.45, 2.75) is 26.0 Å². The molecule has 0 amide bonds. The first-order chi connectivity index (χ1) is 7.83. The summed E-state index contributed by atoms with van der Waals surface area (Å²) >= 11 is 0. The maximum Gasteiger partial charge on any atom is 0.142 e. The molecule has 0 spiro atoms. The first-order valence-electron chi connectivity index (χ1n) is 5.42. The van der Waals surface area contributed by atoms with Gasteiger partial charge in [-0.15, -0.1) is 0 Å². The molecule has 0 saturated heterocycles. The number of aryl methyl sites for hydroxylation is 1. The van der Waals surface area contributed by atoms with Gasteiger partial charge in [0.1, 0.15) is 11.9 Å². The molecule has 0 aliphatic carbocycles. The molecule has 0 aliphatic rings. The van der Waals surface area contributed by atoms with E-state index in [9.17, 15) is 5.11 Å². The van der Waals surface area contributed by atoms with Crippen LogP contribution in [0.2, 0.25) is 0 Å². The van der Waals surface area contributed by atoms with E-state index in [0.29, 0.717) is 5.82 Å². The SMILES string of the molecule is CCCn1ccnc1C(O)c1ccncc1. The van der Waals surface area contributed by atoms with Gasteiger partial charge in [-0.2, -0.15) is 0 Å². The van der Waals surface area contributed by atoms with Crippen LogP contribution in [-0.4, -0.2) is 19.6 Å². The van der Waals surface area contributed by atoms with Gasteiger partial charge in [0.05, 0.1) is 0 Å². The molecule has 16 heavy (non-hydrogen) atoms. The van der Waals surface area contributed by atoms with E-state index in [4.69, 9.17) is 0 Å². The van der Waals surface area contributed by atoms with Crippen molar-refractivity contribution in [3.63, 3.8) is 0 Å². The normalized spacial score (nSPS) is 12.6. The maximum atomic E-state index is 10.2. The van der Waals surface area contributed by atoms with Crippen molar-refractivity contribution in [1.82, 2.24) is 14.5 Å². The molecule has 84 valence electrons. The Morgan fingerprint density at radius 2 is 2.06 bits per heavy atom. The Morgan fingerprint density at radius 1 is 1.31 bits per heavy atom. The number of imidazole rings is 1. The standard InChI is InChI=1S/C12H15N3O/c1-2-8-15-9-7-14-12(15)11(16)10-3-5-13-6-4-10/h3-7,9,11,16H,2,8H2,1H3. The van der Waals surface area contributed by atoms with E-state index in [1.54, 1.807) is 30.7 Å². The Morgan fingerprint density at radius 3 is 2.75 bits per heavy atom. The monoisotopic (exact) mass is 217 g/mol. The molecular weight excluding hydrogens is 202 g/mol. The van der Waals surface area contributed by atoms with Crippen molar-refractivity contribution in [2.24, 2.45) is 0 Å². The molecule has 1 unspecified atom stereocenters. The summed E-state index contributed by atoms with van der Waals surface area (Å²) in [7, 11) is 0. The van der Waals surface area contributed by atoms with Crippen molar-refractivity contribution in [3.8, 4) is 0 Å². The average Bonchev–Trinajstić information content (AvgIpc) is 2.78. The Bertz CT molecular complexity index is 439. The number of aliphatic hydroxyl groups is 1. The summed E-state index contributed by atoms with van der Waals surface area (Å²) in [5.41, 5.74) is 0.818. The first-order valence-corrected chi connectivity index (χ1v) is 5.42. The van der Waals surface area contributed by atoms with E-state index in [2.05, 4.69) is 16.9 Å². The third-order valence-electron chi connectivity index (χ3n) is 2.48. The number of hydrogen-bond acceptors (Lipinski definition) is 3. The minimum absolute atomic E-state index is 0.676. The van der Waals surface area contributed by atoms with Crippen LogP contribution in [0.5, 0.6) is 0 Å². The second-order valence-electron chi connectivity index (χ2n) is 3.66. The van der Waals surface area contributed by atoms with Gasteiger partial charge < -0.3 is 9.67 Å². The topological polar surface area (TPSA) is 50.9 Å². The number of pyridine rings is 1. The lowest BCUT2D eigenvalue weighted by atomic mass is 10.1. The molecule has 0 saturated carbocycles. The highest BCUT2D eigenvalue weighted by molar-refractivity contribution is 5.20. The first kappa shape index (κ1) is 10.8. The Kier molecular flexibility index (Phi) is 3.31. The number of rotatable bonds is 4. The van der Waals surface area contributed by atoms with Gasteiger partial charge in [-0.25, -0.2) is 4.98 Å². The number of aliphatic hydroxyl groups excluding tert-OH is 1. The number of hydrogen-bond donors (Lipinski definition) is 1. The third-order valence-corrected chi connectivity index (χ3v) is 2.48. The van der Waals surface area contributed by atoms with Gasteiger partial charge in [-0.3, -0.25) is 4.98 Å². The second-order valence-corrected chi connectivity index (χ2v) is 3.66. The molecule has 1 N–H and O–H groups in total. The highest BCUT2D eigenvalue weighted by Crippen LogP contribution is 2.19. The van der Waals surface area contributed by atoms with Crippen molar-refractivity contribution < 1.29 is 5.11 Å². The molecule has 0 bridgehead atoms. The summed E-state index contributed by atoms with van der Waals surface area (Å²) in [6, 6.07) is 3.60. The fourth-order valence-corrected chi connectivity index (χ4v) is 1.69. The van der Waals surface area contributed by atoms with E-state index in [1.165, 1.54) is 0 Å². The van der Waals surface area contributed by atoms with Gasteiger partial charge >= 0.3 is 0 Å². The highest BCUT2D eigenvalue weighted by Gasteiger charge is 2.15. The average molecular weight is 217 g/mol. The van der Waals surface area contributed by atoms with Crippen LogP contribution < -0.4 is 0 Å². The summed E-state index contributed by atoms with van der Waals surface area (Å²) < 4.78 is 1.98. The highest BCUT2D eigenvalue weighted by atomic mass is 16.3. The molecule has 2 rings (SSSR count). The van der Waals surface area contributed by atoms with Crippen LogP contribution in [0.4, 0.5) is 0 Å². The molecule has 0 fully saturated rings. The molecule has 2 aromatic heterocycles. The zero-order chi connectivity index (χ0) is 11.4. The van der Waals surface area contributed by atoms with Crippen LogP contribution >= 0.6 is 0 Å². The lowest BCUT2D eigenvalue weighted by Gasteiger charge is -2.12. The Hall–Kier alpha value is -1.68. The Labute approximate surface area is 94.6 Å². The lowest BCUT2D eigenvalue weighted by Crippen LogP contribution is -2.09. The Balaban J connectivity index is 2.27. The number of nitrogens with zero attached hydrogens (tertiary/aromatic N) is 3. The molecule has 0 aliphatic heterocycles. The van der Waals surface area contributed by atoms with E-state index in [1.807, 2.05) is 10.8 Å². The van der Waals surface area contributed by atoms with E-state index >= 15 is 0 Å². The van der Waals surface area contributed by atoms with Gasteiger partial charge in [0.25, 0.3) is 0 Å². The smallest absolute Gasteiger partial charge is 0.142 e. The summed E-state index contributed by atoms with van der Waals surface area (Å²) in [6.07, 6.45) is 7.30. The molecular formula is C12H15N3O. The quantitative estimate of drug-likeness (QED) is 0.849. The third kappa shape index (κ3) is 2.12. The fraction of sp³-hybridized carbons (Fsp3) is 0.333. The summed E-state index contributed by atoms with van der Waals surface area (Å²) in [4.78, 5) is 8.13. The van der Waals surface area contributed by atoms with Crippen LogP contribution in [0.1, 0.15) is 30.8 Å². The van der Waals surface area contributed by atoms with Crippen LogP contribution in [0, 0.1) is 0 Å². The molecule has 0 aromatic carbocycles. The van der Waals surface area contributed by atoms with Crippen LogP contribution in [0.3, 0.4) is 0 Å². The number of aromatic nitrogens is 3. The zero-order valence-electron chi connectivity index (χ0n) is 9.24. The van der Waals surface area contributed by atoms with Gasteiger partial charge in [0.2, 0.25) is 0 Å². The second kappa shape index (κ2) is 4.90. The summed E-state index contributed by atoms with van der Waals surface area (Å²) in [5.74, 6) is 0.688. The molecule has 2 heterocycles. The van der Waals surface area contributed by atoms with Gasteiger partial charge in [0.15, 0.2) is 0 Å². The summed E-state index contributed by atoms with van der Waals surface area (Å²) in [5, 5.41) is 10.2. The van der Waals surface area contributed by atoms with Gasteiger partial charge in [-0.1, -0.05) is 6.92 Å². The van der Waals surface area contributed by atoms with Crippen molar-refractivity contribution in [1.29, 1.82) is 0 Å². The fourth-order valence-electron chi connectivity index (χ4n) is 1.69. The maximum absolute atomic E-state index is 10.2. The van der Waals surface area contributed by atoms with Crippen LogP contribution in [0.25, 0.3) is 0 Å². The van der Waals surface area contributed by atoms with Crippen molar-refractivity contribution >= 4 is 0 Å². The molecule has 0 radical (unpaired) electrons. The van der Waals surface area contributed by atoms with Crippen LogP contribution in [0.15, 0.2) is 36.9 Å². The minimum atomic E-state index is -0.676. The van der Waals surface area contributed by atoms with Crippen molar-refractivity contribution in [2.75, 3.05) is 0 Å².